The van der Waals surface area contributed by atoms with Crippen LogP contribution in [0.5, 0.6) is 23.0 Å². The molecule has 0 radical (unpaired) electrons. The Hall–Kier alpha value is -2.89. The average molecular weight is 343 g/mol. The average Bonchev–Trinajstić information content (AvgIpc) is 2.64. The maximum Gasteiger partial charge on any atom is 0.265 e. The third-order valence-corrected chi connectivity index (χ3v) is 3.83. The van der Waals surface area contributed by atoms with Gasteiger partial charge in [-0.25, -0.2) is 0 Å². The van der Waals surface area contributed by atoms with Crippen molar-refractivity contribution < 1.29 is 23.7 Å². The van der Waals surface area contributed by atoms with Crippen LogP contribution in [0.15, 0.2) is 48.5 Å². The Balaban J connectivity index is 1.50. The highest BCUT2D eigenvalue weighted by Gasteiger charge is 2.33. The van der Waals surface area contributed by atoms with E-state index in [-0.39, 0.29) is 12.0 Å². The van der Waals surface area contributed by atoms with Crippen LogP contribution >= 0.6 is 0 Å². The second-order valence-corrected chi connectivity index (χ2v) is 5.60. The van der Waals surface area contributed by atoms with Crippen molar-refractivity contribution in [3.8, 4) is 23.0 Å². The van der Waals surface area contributed by atoms with Crippen LogP contribution in [-0.2, 0) is 4.79 Å². The zero-order chi connectivity index (χ0) is 17.6. The van der Waals surface area contributed by atoms with E-state index < -0.39 is 6.10 Å². The Morgan fingerprint density at radius 2 is 1.68 bits per heavy atom. The molecule has 1 heterocycles. The van der Waals surface area contributed by atoms with Crippen LogP contribution in [0.1, 0.15) is 6.92 Å². The summed E-state index contributed by atoms with van der Waals surface area (Å²) in [6.45, 7) is 2.49. The molecule has 2 atom stereocenters. The predicted octanol–water partition coefficient (Wildman–Crippen LogP) is 2.42. The summed E-state index contributed by atoms with van der Waals surface area (Å²) < 4.78 is 22.4. The van der Waals surface area contributed by atoms with Gasteiger partial charge in [0.05, 0.1) is 13.7 Å². The Kier molecular flexibility index (Phi) is 5.28. The van der Waals surface area contributed by atoms with Crippen LogP contribution in [0, 0.1) is 0 Å². The lowest BCUT2D eigenvalue weighted by Crippen LogP contribution is -2.49. The van der Waals surface area contributed by atoms with Gasteiger partial charge in [0.15, 0.2) is 23.0 Å². The van der Waals surface area contributed by atoms with Crippen molar-refractivity contribution in [2.75, 3.05) is 20.3 Å². The molecule has 1 amide bonds. The fourth-order valence-corrected chi connectivity index (χ4v) is 2.58. The number of amides is 1. The molecule has 2 aromatic carbocycles. The molecule has 0 aliphatic carbocycles. The van der Waals surface area contributed by atoms with Crippen LogP contribution in [-0.4, -0.2) is 38.4 Å². The second-order valence-electron chi connectivity index (χ2n) is 5.60. The van der Waals surface area contributed by atoms with Crippen LogP contribution in [0.2, 0.25) is 0 Å². The minimum absolute atomic E-state index is 0.231. The minimum Gasteiger partial charge on any atom is -0.493 e. The summed E-state index contributed by atoms with van der Waals surface area (Å²) >= 11 is 0. The van der Waals surface area contributed by atoms with E-state index in [2.05, 4.69) is 5.32 Å². The Morgan fingerprint density at radius 1 is 1.04 bits per heavy atom. The topological polar surface area (TPSA) is 66.0 Å². The number of carbonyl (C=O) groups excluding carboxylic acids is 1. The van der Waals surface area contributed by atoms with Gasteiger partial charge in [-0.15, -0.1) is 0 Å². The highest BCUT2D eigenvalue weighted by atomic mass is 16.6. The van der Waals surface area contributed by atoms with Gasteiger partial charge in [-0.3, -0.25) is 4.79 Å². The molecule has 3 rings (SSSR count). The molecule has 6 nitrogen and oxygen atoms in total. The molecule has 2 unspecified atom stereocenters. The van der Waals surface area contributed by atoms with E-state index in [0.717, 1.165) is 0 Å². The fourth-order valence-electron chi connectivity index (χ4n) is 2.58. The van der Waals surface area contributed by atoms with Gasteiger partial charge in [-0.2, -0.15) is 0 Å². The number of para-hydroxylation sites is 4. The number of nitrogens with one attached hydrogen (secondary N) is 1. The molecule has 132 valence electrons. The fraction of sp³-hybridized carbons (Fsp3) is 0.316. The maximum atomic E-state index is 12.4. The van der Waals surface area contributed by atoms with Crippen molar-refractivity contribution in [2.24, 2.45) is 0 Å². The maximum absolute atomic E-state index is 12.4. The number of ether oxygens (including phenoxy) is 4. The molecule has 2 aromatic rings. The molecule has 0 bridgehead atoms. The standard InChI is InChI=1S/C19H21NO5/c1-13-18(25-17-10-6-5-9-16(17)24-13)19(21)20-11-12-23-15-8-4-3-7-14(15)22-2/h3-10,13,18H,11-12H2,1-2H3,(H,20,21). The normalized spacial score (nSPS) is 18.3. The van der Waals surface area contributed by atoms with Gasteiger partial charge in [0, 0.05) is 0 Å². The smallest absolute Gasteiger partial charge is 0.265 e. The first-order valence-corrected chi connectivity index (χ1v) is 8.15. The zero-order valence-corrected chi connectivity index (χ0v) is 14.2. The second kappa shape index (κ2) is 7.79. The summed E-state index contributed by atoms with van der Waals surface area (Å²) in [5, 5.41) is 2.81. The van der Waals surface area contributed by atoms with Gasteiger partial charge in [-0.1, -0.05) is 24.3 Å². The third-order valence-electron chi connectivity index (χ3n) is 3.83. The molecule has 6 heteroatoms. The number of carbonyl (C=O) groups is 1. The lowest BCUT2D eigenvalue weighted by molar-refractivity contribution is -0.133. The monoisotopic (exact) mass is 343 g/mol. The molecule has 0 fully saturated rings. The Morgan fingerprint density at radius 3 is 2.40 bits per heavy atom. The largest absolute Gasteiger partial charge is 0.493 e. The van der Waals surface area contributed by atoms with E-state index in [1.165, 1.54) is 0 Å². The highest BCUT2D eigenvalue weighted by Crippen LogP contribution is 2.33. The molecule has 25 heavy (non-hydrogen) atoms. The van der Waals surface area contributed by atoms with E-state index in [0.29, 0.717) is 36.1 Å². The number of fused-ring (bicyclic) bond motifs is 1. The number of hydrogen-bond donors (Lipinski definition) is 1. The van der Waals surface area contributed by atoms with Gasteiger partial charge in [0.2, 0.25) is 6.10 Å². The molecule has 0 spiro atoms. The molecule has 0 aromatic heterocycles. The minimum atomic E-state index is -0.693. The number of benzene rings is 2. The van der Waals surface area contributed by atoms with Crippen molar-refractivity contribution >= 4 is 5.91 Å². The first kappa shape index (κ1) is 17.0. The van der Waals surface area contributed by atoms with Crippen molar-refractivity contribution in [3.63, 3.8) is 0 Å². The molecule has 1 N–H and O–H groups in total. The van der Waals surface area contributed by atoms with Gasteiger partial charge in [-0.05, 0) is 31.2 Å². The first-order valence-electron chi connectivity index (χ1n) is 8.15. The van der Waals surface area contributed by atoms with Crippen LogP contribution < -0.4 is 24.3 Å². The Bertz CT molecular complexity index is 733. The lowest BCUT2D eigenvalue weighted by Gasteiger charge is -2.31. The predicted molar refractivity (Wildman–Crippen MR) is 92.4 cm³/mol. The zero-order valence-electron chi connectivity index (χ0n) is 14.2. The van der Waals surface area contributed by atoms with Crippen LogP contribution in [0.25, 0.3) is 0 Å². The number of methoxy groups -OCH3 is 1. The van der Waals surface area contributed by atoms with Gasteiger partial charge >= 0.3 is 0 Å². The summed E-state index contributed by atoms with van der Waals surface area (Å²) in [5.41, 5.74) is 0. The lowest BCUT2D eigenvalue weighted by atomic mass is 10.1. The van der Waals surface area contributed by atoms with E-state index >= 15 is 0 Å². The molecule has 0 saturated carbocycles. The highest BCUT2D eigenvalue weighted by molar-refractivity contribution is 5.82. The molecule has 0 saturated heterocycles. The van der Waals surface area contributed by atoms with E-state index in [1.807, 2.05) is 49.4 Å². The Labute approximate surface area is 146 Å². The van der Waals surface area contributed by atoms with Crippen molar-refractivity contribution in [3.05, 3.63) is 48.5 Å². The van der Waals surface area contributed by atoms with Crippen LogP contribution in [0.4, 0.5) is 0 Å². The molecular formula is C19H21NO5. The summed E-state index contributed by atoms with van der Waals surface area (Å²) in [7, 11) is 1.59. The first-order chi connectivity index (χ1) is 12.2. The van der Waals surface area contributed by atoms with Crippen molar-refractivity contribution in [2.45, 2.75) is 19.1 Å². The van der Waals surface area contributed by atoms with E-state index in [1.54, 1.807) is 13.2 Å². The molecule has 1 aliphatic rings. The summed E-state index contributed by atoms with van der Waals surface area (Å²) in [6.07, 6.45) is -1.06. The summed E-state index contributed by atoms with van der Waals surface area (Å²) in [4.78, 5) is 12.4. The SMILES string of the molecule is COc1ccccc1OCCNC(=O)C1Oc2ccccc2OC1C. The van der Waals surface area contributed by atoms with Crippen molar-refractivity contribution in [1.82, 2.24) is 5.32 Å². The number of rotatable bonds is 6. The quantitative estimate of drug-likeness (QED) is 0.816. The third kappa shape index (κ3) is 3.96. The molecule has 1 aliphatic heterocycles. The van der Waals surface area contributed by atoms with E-state index in [9.17, 15) is 4.79 Å². The number of hydrogen-bond acceptors (Lipinski definition) is 5. The van der Waals surface area contributed by atoms with Crippen molar-refractivity contribution in [1.29, 1.82) is 0 Å². The van der Waals surface area contributed by atoms with Gasteiger partial charge < -0.3 is 24.3 Å². The van der Waals surface area contributed by atoms with E-state index in [4.69, 9.17) is 18.9 Å². The molecular weight excluding hydrogens is 322 g/mol. The van der Waals surface area contributed by atoms with Gasteiger partial charge in [0.25, 0.3) is 5.91 Å². The van der Waals surface area contributed by atoms with Gasteiger partial charge in [0.1, 0.15) is 12.7 Å². The van der Waals surface area contributed by atoms with Crippen LogP contribution in [0.3, 0.4) is 0 Å². The summed E-state index contributed by atoms with van der Waals surface area (Å²) in [5.74, 6) is 2.29. The summed E-state index contributed by atoms with van der Waals surface area (Å²) in [6, 6.07) is 14.7.